The van der Waals surface area contributed by atoms with Crippen molar-refractivity contribution >= 4 is 18.0 Å². The van der Waals surface area contributed by atoms with E-state index < -0.39 is 5.54 Å². The molecule has 1 spiro atoms. The molecule has 1 aromatic carbocycles. The van der Waals surface area contributed by atoms with E-state index in [-0.39, 0.29) is 11.9 Å². The number of imide groups is 1. The number of hydrogen-bond donors (Lipinski definition) is 0. The van der Waals surface area contributed by atoms with Gasteiger partial charge in [-0.3, -0.25) is 14.6 Å². The number of hydrogen-bond acceptors (Lipinski definition) is 5. The lowest BCUT2D eigenvalue weighted by atomic mass is 9.85. The summed E-state index contributed by atoms with van der Waals surface area (Å²) in [4.78, 5) is 31.3. The summed E-state index contributed by atoms with van der Waals surface area (Å²) in [7, 11) is 3.24. The van der Waals surface area contributed by atoms with E-state index in [1.807, 2.05) is 42.5 Å². The minimum absolute atomic E-state index is 0.0713. The molecular weight excluding hydrogens is 394 g/mol. The number of ether oxygens (including phenoxy) is 1. The van der Waals surface area contributed by atoms with Crippen molar-refractivity contribution in [2.24, 2.45) is 0 Å². The van der Waals surface area contributed by atoms with Gasteiger partial charge in [-0.2, -0.15) is 0 Å². The summed E-state index contributed by atoms with van der Waals surface area (Å²) in [5, 5.41) is 0. The first-order valence-corrected chi connectivity index (χ1v) is 10.7. The van der Waals surface area contributed by atoms with Crippen LogP contribution in [0.25, 0.3) is 6.08 Å². The summed E-state index contributed by atoms with van der Waals surface area (Å²) >= 11 is 0. The molecule has 1 aromatic heterocycles. The molecule has 0 radical (unpaired) electrons. The van der Waals surface area contributed by atoms with Gasteiger partial charge in [-0.1, -0.05) is 18.2 Å². The zero-order chi connectivity index (χ0) is 21.8. The number of amides is 3. The fourth-order valence-corrected chi connectivity index (χ4v) is 4.51. The van der Waals surface area contributed by atoms with E-state index in [9.17, 15) is 9.59 Å². The summed E-state index contributed by atoms with van der Waals surface area (Å²) in [6.45, 7) is 2.86. The Morgan fingerprint density at radius 1 is 1.13 bits per heavy atom. The molecule has 2 aliphatic rings. The number of nitrogens with zero attached hydrogens (tertiary/aromatic N) is 3. The molecular formula is C24H29N3O4. The van der Waals surface area contributed by atoms with E-state index in [0.717, 1.165) is 36.7 Å². The second-order valence-corrected chi connectivity index (χ2v) is 8.15. The van der Waals surface area contributed by atoms with Crippen LogP contribution in [0.1, 0.15) is 24.2 Å². The summed E-state index contributed by atoms with van der Waals surface area (Å²) < 4.78 is 10.5. The lowest BCUT2D eigenvalue weighted by molar-refractivity contribution is -0.134. The zero-order valence-corrected chi connectivity index (χ0v) is 18.1. The largest absolute Gasteiger partial charge is 0.497 e. The quantitative estimate of drug-likeness (QED) is 0.640. The Kier molecular flexibility index (Phi) is 6.13. The third-order valence-corrected chi connectivity index (χ3v) is 6.39. The van der Waals surface area contributed by atoms with Crippen molar-refractivity contribution < 1.29 is 18.7 Å². The molecule has 4 rings (SSSR count). The Labute approximate surface area is 182 Å². The van der Waals surface area contributed by atoms with Gasteiger partial charge in [-0.15, -0.1) is 0 Å². The fraction of sp³-hybridized carbons (Fsp3) is 0.417. The van der Waals surface area contributed by atoms with E-state index in [2.05, 4.69) is 11.0 Å². The van der Waals surface area contributed by atoms with Gasteiger partial charge in [0.05, 0.1) is 13.4 Å². The molecule has 0 N–H and O–H groups in total. The van der Waals surface area contributed by atoms with Gasteiger partial charge in [0.2, 0.25) is 0 Å². The summed E-state index contributed by atoms with van der Waals surface area (Å²) in [6, 6.07) is 11.4. The third-order valence-electron chi connectivity index (χ3n) is 6.39. The van der Waals surface area contributed by atoms with Crippen molar-refractivity contribution in [3.63, 3.8) is 0 Å². The Morgan fingerprint density at radius 2 is 1.87 bits per heavy atom. The van der Waals surface area contributed by atoms with Crippen molar-refractivity contribution in [1.82, 2.24) is 14.7 Å². The Bertz CT molecular complexity index is 928. The lowest BCUT2D eigenvalue weighted by Gasteiger charge is -2.42. The topological polar surface area (TPSA) is 66.2 Å². The highest BCUT2D eigenvalue weighted by atomic mass is 16.5. The normalized spacial score (nSPS) is 19.2. The molecule has 0 unspecified atom stereocenters. The van der Waals surface area contributed by atoms with Crippen molar-refractivity contribution in [3.8, 4) is 5.75 Å². The van der Waals surface area contributed by atoms with Gasteiger partial charge in [0, 0.05) is 33.2 Å². The van der Waals surface area contributed by atoms with Crippen molar-refractivity contribution in [2.75, 3.05) is 40.3 Å². The Hall–Kier alpha value is -3.06. The van der Waals surface area contributed by atoms with E-state index in [1.54, 1.807) is 25.3 Å². The van der Waals surface area contributed by atoms with Gasteiger partial charge < -0.3 is 14.1 Å². The first-order chi connectivity index (χ1) is 15.0. The van der Waals surface area contributed by atoms with Crippen LogP contribution < -0.4 is 4.74 Å². The molecule has 7 nitrogen and oxygen atoms in total. The molecule has 164 valence electrons. The number of carbonyl (C=O) groups is 2. The molecule has 2 fully saturated rings. The second kappa shape index (κ2) is 8.98. The number of urea groups is 1. The van der Waals surface area contributed by atoms with Crippen LogP contribution in [0, 0.1) is 0 Å². The van der Waals surface area contributed by atoms with Crippen LogP contribution in [-0.2, 0) is 11.2 Å². The van der Waals surface area contributed by atoms with Crippen LogP contribution in [0.15, 0.2) is 53.2 Å². The Morgan fingerprint density at radius 3 is 2.52 bits per heavy atom. The van der Waals surface area contributed by atoms with Crippen LogP contribution in [0.3, 0.4) is 0 Å². The maximum Gasteiger partial charge on any atom is 0.327 e. The average molecular weight is 424 g/mol. The molecule has 0 bridgehead atoms. The molecule has 0 aliphatic carbocycles. The maximum atomic E-state index is 13.1. The number of carbonyl (C=O) groups excluding carboxylic acids is 2. The molecule has 3 amide bonds. The van der Waals surface area contributed by atoms with Crippen molar-refractivity contribution in [2.45, 2.75) is 24.8 Å². The molecule has 31 heavy (non-hydrogen) atoms. The fourth-order valence-electron chi connectivity index (χ4n) is 4.51. The molecule has 7 heteroatoms. The first-order valence-electron chi connectivity index (χ1n) is 10.7. The van der Waals surface area contributed by atoms with Crippen LogP contribution in [0.2, 0.25) is 0 Å². The van der Waals surface area contributed by atoms with E-state index in [1.165, 1.54) is 4.90 Å². The van der Waals surface area contributed by atoms with Crippen molar-refractivity contribution in [1.29, 1.82) is 0 Å². The highest BCUT2D eigenvalue weighted by Crippen LogP contribution is 2.36. The Balaban J connectivity index is 1.39. The number of benzene rings is 1. The minimum Gasteiger partial charge on any atom is -0.497 e. The average Bonchev–Trinajstić information content (AvgIpc) is 3.37. The number of likely N-dealkylation sites (tertiary alicyclic amines) is 1. The predicted octanol–water partition coefficient (Wildman–Crippen LogP) is 3.27. The van der Waals surface area contributed by atoms with E-state index in [0.29, 0.717) is 25.8 Å². The van der Waals surface area contributed by atoms with E-state index >= 15 is 0 Å². The zero-order valence-electron chi connectivity index (χ0n) is 18.1. The number of furan rings is 1. The van der Waals surface area contributed by atoms with Crippen LogP contribution in [0.5, 0.6) is 5.75 Å². The number of methoxy groups -OCH3 is 1. The SMILES string of the molecule is COc1ccc(CCN2C(=O)N(C)C(=O)C23CCN(C/C=C/c2ccco2)CC3)cc1. The van der Waals surface area contributed by atoms with Crippen LogP contribution in [-0.4, -0.2) is 72.5 Å². The molecule has 2 saturated heterocycles. The lowest BCUT2D eigenvalue weighted by Crippen LogP contribution is -2.56. The molecule has 0 saturated carbocycles. The standard InChI is InChI=1S/C24H29N3O4/c1-25-22(28)24(12-16-26(17-13-24)14-3-5-21-6-4-18-31-21)27(23(25)29)15-11-19-7-9-20(30-2)10-8-19/h3-10,18H,11-17H2,1-2H3/b5-3+. The van der Waals surface area contributed by atoms with Gasteiger partial charge in [0.25, 0.3) is 5.91 Å². The molecule has 0 atom stereocenters. The second-order valence-electron chi connectivity index (χ2n) is 8.15. The monoisotopic (exact) mass is 423 g/mol. The molecule has 2 aromatic rings. The summed E-state index contributed by atoms with van der Waals surface area (Å²) in [5.74, 6) is 1.57. The van der Waals surface area contributed by atoms with E-state index in [4.69, 9.17) is 9.15 Å². The smallest absolute Gasteiger partial charge is 0.327 e. The number of rotatable bonds is 7. The van der Waals surface area contributed by atoms with Gasteiger partial charge in [-0.25, -0.2) is 4.79 Å². The summed E-state index contributed by atoms with van der Waals surface area (Å²) in [5.41, 5.74) is 0.394. The van der Waals surface area contributed by atoms with Gasteiger partial charge >= 0.3 is 6.03 Å². The van der Waals surface area contributed by atoms with Crippen molar-refractivity contribution in [3.05, 3.63) is 60.1 Å². The van der Waals surface area contributed by atoms with Gasteiger partial charge in [-0.05, 0) is 55.2 Å². The minimum atomic E-state index is -0.723. The number of piperidine rings is 1. The number of likely N-dealkylation sites (N-methyl/N-ethyl adjacent to an activating group) is 1. The summed E-state index contributed by atoms with van der Waals surface area (Å²) in [6.07, 6.45) is 7.70. The van der Waals surface area contributed by atoms with Crippen LogP contribution >= 0.6 is 0 Å². The maximum absolute atomic E-state index is 13.1. The molecule has 3 heterocycles. The van der Waals surface area contributed by atoms with Gasteiger partial charge in [0.15, 0.2) is 0 Å². The highest BCUT2D eigenvalue weighted by molar-refractivity contribution is 6.06. The first kappa shape index (κ1) is 21.2. The molecule has 2 aliphatic heterocycles. The van der Waals surface area contributed by atoms with Gasteiger partial charge in [0.1, 0.15) is 17.0 Å². The third kappa shape index (κ3) is 4.23. The predicted molar refractivity (Wildman–Crippen MR) is 118 cm³/mol. The van der Waals surface area contributed by atoms with Crippen LogP contribution in [0.4, 0.5) is 4.79 Å². The highest BCUT2D eigenvalue weighted by Gasteiger charge is 2.56.